The van der Waals surface area contributed by atoms with Gasteiger partial charge in [-0.05, 0) is 62.2 Å². The van der Waals surface area contributed by atoms with Gasteiger partial charge in [0.25, 0.3) is 0 Å². The summed E-state index contributed by atoms with van der Waals surface area (Å²) in [4.78, 5) is 25.3. The highest BCUT2D eigenvalue weighted by Crippen LogP contribution is 2.65. The number of Topliss-reactive ketones (excluding diaryl/α,β-unsaturated/α-hetero) is 2. The average Bonchev–Trinajstić information content (AvgIpc) is 3.28. The highest BCUT2D eigenvalue weighted by molar-refractivity contribution is 7.87. The van der Waals surface area contributed by atoms with Crippen LogP contribution in [0.1, 0.15) is 80.1 Å². The fourth-order valence-electron chi connectivity index (χ4n) is 7.23. The molecule has 202 valence electrons. The lowest BCUT2D eigenvalue weighted by Crippen LogP contribution is -2.42. The number of rotatable bonds is 9. The van der Waals surface area contributed by atoms with Gasteiger partial charge in [-0.2, -0.15) is 16.8 Å². The summed E-state index contributed by atoms with van der Waals surface area (Å²) in [6.07, 6.45) is 3.38. The maximum atomic E-state index is 12.7. The number of hydrogen-bond acceptors (Lipinski definition) is 10. The summed E-state index contributed by atoms with van der Waals surface area (Å²) in [5.74, 6) is -0.674. The Kier molecular flexibility index (Phi) is 6.31. The van der Waals surface area contributed by atoms with Crippen molar-refractivity contribution in [1.82, 2.24) is 0 Å². The SMILES string of the molecule is CC(=N/OS(=O)(=O)CC12CCC(CC1=O)C2(C)C)/C(C)=N/OS(=O)(=O)CC12CCC(CC1=O)C2(C)C. The lowest BCUT2D eigenvalue weighted by molar-refractivity contribution is -0.128. The largest absolute Gasteiger partial charge is 0.329 e. The van der Waals surface area contributed by atoms with Crippen molar-refractivity contribution in [2.24, 2.45) is 43.8 Å². The summed E-state index contributed by atoms with van der Waals surface area (Å²) in [5, 5.41) is 7.25. The third-order valence-electron chi connectivity index (χ3n) is 10.2. The van der Waals surface area contributed by atoms with Crippen LogP contribution in [0.3, 0.4) is 0 Å². The van der Waals surface area contributed by atoms with Crippen LogP contribution < -0.4 is 0 Å². The van der Waals surface area contributed by atoms with Crippen LogP contribution in [0, 0.1) is 33.5 Å². The zero-order chi connectivity index (χ0) is 26.9. The van der Waals surface area contributed by atoms with Crippen molar-refractivity contribution in [3.05, 3.63) is 0 Å². The number of oxime groups is 2. The zero-order valence-electron chi connectivity index (χ0n) is 21.8. The second-order valence-corrected chi connectivity index (χ2v) is 15.3. The molecule has 4 saturated carbocycles. The highest BCUT2D eigenvalue weighted by Gasteiger charge is 2.66. The predicted octanol–water partition coefficient (Wildman–Crippen LogP) is 3.22. The van der Waals surface area contributed by atoms with Crippen LogP contribution in [-0.4, -0.2) is 51.3 Å². The molecule has 4 fully saturated rings. The van der Waals surface area contributed by atoms with E-state index in [1.807, 2.05) is 27.7 Å². The van der Waals surface area contributed by atoms with Gasteiger partial charge in [-0.3, -0.25) is 18.2 Å². The molecule has 0 heterocycles. The summed E-state index contributed by atoms with van der Waals surface area (Å²) in [6.45, 7) is 10.5. The van der Waals surface area contributed by atoms with Crippen molar-refractivity contribution < 1.29 is 35.0 Å². The number of fused-ring (bicyclic) bond motifs is 4. The fraction of sp³-hybridized carbons (Fsp3) is 0.833. The minimum absolute atomic E-state index is 0.00366. The smallest absolute Gasteiger partial charge is 0.299 e. The third kappa shape index (κ3) is 4.02. The standard InChI is InChI=1S/C24H36N2O8S2/c1-15(25-33-35(29,30)13-23-9-7-17(11-19(23)27)21(23,3)4)16(2)26-34-36(31,32)14-24-10-8-18(12-20(24)28)22(24,5)6/h17-18H,7-14H2,1-6H3/b25-15-,26-16+. The molecular weight excluding hydrogens is 508 g/mol. The highest BCUT2D eigenvalue weighted by atomic mass is 32.2. The Labute approximate surface area is 213 Å². The lowest BCUT2D eigenvalue weighted by Gasteiger charge is -2.35. The minimum Gasteiger partial charge on any atom is -0.299 e. The van der Waals surface area contributed by atoms with Crippen molar-refractivity contribution in [3.8, 4) is 0 Å². The van der Waals surface area contributed by atoms with Crippen LogP contribution in [0.4, 0.5) is 0 Å². The van der Waals surface area contributed by atoms with Gasteiger partial charge in [0.2, 0.25) is 0 Å². The Hall–Kier alpha value is -1.82. The summed E-state index contributed by atoms with van der Waals surface area (Å²) in [6, 6.07) is 0. The monoisotopic (exact) mass is 544 g/mol. The molecule has 0 radical (unpaired) electrons. The van der Waals surface area contributed by atoms with E-state index in [9.17, 15) is 26.4 Å². The Morgan fingerprint density at radius 3 is 1.33 bits per heavy atom. The van der Waals surface area contributed by atoms with E-state index in [1.54, 1.807) is 0 Å². The number of ketones is 2. The molecule has 12 heteroatoms. The van der Waals surface area contributed by atoms with Crippen molar-refractivity contribution >= 4 is 43.2 Å². The number of carbonyl (C=O) groups excluding carboxylic acids is 2. The maximum Gasteiger partial charge on any atom is 0.329 e. The average molecular weight is 545 g/mol. The summed E-state index contributed by atoms with van der Waals surface area (Å²) < 4.78 is 60.6. The van der Waals surface area contributed by atoms with Crippen LogP contribution in [0.25, 0.3) is 0 Å². The van der Waals surface area contributed by atoms with Crippen molar-refractivity contribution in [2.75, 3.05) is 11.5 Å². The van der Waals surface area contributed by atoms with Gasteiger partial charge < -0.3 is 0 Å². The molecule has 36 heavy (non-hydrogen) atoms. The molecule has 0 amide bonds. The lowest BCUT2D eigenvalue weighted by atomic mass is 9.70. The molecule has 0 spiro atoms. The van der Waals surface area contributed by atoms with E-state index in [4.69, 9.17) is 8.57 Å². The first kappa shape index (κ1) is 27.2. The van der Waals surface area contributed by atoms with Gasteiger partial charge in [0.05, 0.1) is 10.8 Å². The van der Waals surface area contributed by atoms with E-state index in [2.05, 4.69) is 10.3 Å². The van der Waals surface area contributed by atoms with Crippen LogP contribution in [0.5, 0.6) is 0 Å². The van der Waals surface area contributed by atoms with E-state index in [1.165, 1.54) is 13.8 Å². The van der Waals surface area contributed by atoms with E-state index in [-0.39, 0.29) is 34.8 Å². The Bertz CT molecular complexity index is 1170. The predicted molar refractivity (Wildman–Crippen MR) is 133 cm³/mol. The molecule has 4 atom stereocenters. The van der Waals surface area contributed by atoms with Gasteiger partial charge in [0, 0.05) is 12.8 Å². The van der Waals surface area contributed by atoms with Gasteiger partial charge in [-0.15, -0.1) is 0 Å². The third-order valence-corrected chi connectivity index (χ3v) is 12.5. The fourth-order valence-corrected chi connectivity index (χ4v) is 10.3. The van der Waals surface area contributed by atoms with E-state index in [0.29, 0.717) is 25.7 Å². The van der Waals surface area contributed by atoms with Crippen LogP contribution >= 0.6 is 0 Å². The molecular formula is C24H36N2O8S2. The molecule has 4 bridgehead atoms. The van der Waals surface area contributed by atoms with Crippen LogP contribution in [0.2, 0.25) is 0 Å². The molecule has 10 nitrogen and oxygen atoms in total. The van der Waals surface area contributed by atoms with Crippen molar-refractivity contribution in [1.29, 1.82) is 0 Å². The Morgan fingerprint density at radius 2 is 1.08 bits per heavy atom. The second-order valence-electron chi connectivity index (χ2n) is 12.2. The summed E-state index contributed by atoms with van der Waals surface area (Å²) in [5.41, 5.74) is -2.83. The summed E-state index contributed by atoms with van der Waals surface area (Å²) in [7, 11) is -8.37. The summed E-state index contributed by atoms with van der Waals surface area (Å²) >= 11 is 0. The molecule has 0 aliphatic heterocycles. The minimum atomic E-state index is -4.19. The molecule has 4 rings (SSSR count). The van der Waals surface area contributed by atoms with Gasteiger partial charge in [0.1, 0.15) is 34.5 Å². The molecule has 4 aliphatic rings. The Morgan fingerprint density at radius 1 is 0.750 bits per heavy atom. The molecule has 0 aromatic heterocycles. The molecule has 0 saturated heterocycles. The van der Waals surface area contributed by atoms with E-state index >= 15 is 0 Å². The molecule has 4 aliphatic carbocycles. The maximum absolute atomic E-state index is 12.7. The van der Waals surface area contributed by atoms with Crippen LogP contribution in [0.15, 0.2) is 10.3 Å². The number of hydrogen-bond donors (Lipinski definition) is 0. The van der Waals surface area contributed by atoms with Gasteiger partial charge >= 0.3 is 20.2 Å². The quantitative estimate of drug-likeness (QED) is 0.318. The zero-order valence-corrected chi connectivity index (χ0v) is 23.4. The van der Waals surface area contributed by atoms with E-state index in [0.717, 1.165) is 12.8 Å². The van der Waals surface area contributed by atoms with Gasteiger partial charge in [-0.25, -0.2) is 0 Å². The first-order chi connectivity index (χ1) is 16.4. The van der Waals surface area contributed by atoms with Crippen molar-refractivity contribution in [3.63, 3.8) is 0 Å². The normalized spacial score (nSPS) is 35.5. The molecule has 0 N–H and O–H groups in total. The number of carbonyl (C=O) groups is 2. The Balaban J connectivity index is 1.41. The number of nitrogens with zero attached hydrogens (tertiary/aromatic N) is 2. The van der Waals surface area contributed by atoms with E-state index < -0.39 is 53.4 Å². The molecule has 4 unspecified atom stereocenters. The van der Waals surface area contributed by atoms with Gasteiger partial charge in [-0.1, -0.05) is 38.0 Å². The first-order valence-corrected chi connectivity index (χ1v) is 15.5. The first-order valence-electron chi connectivity index (χ1n) is 12.4. The van der Waals surface area contributed by atoms with Crippen LogP contribution in [-0.2, 0) is 38.4 Å². The van der Waals surface area contributed by atoms with Gasteiger partial charge in [0.15, 0.2) is 0 Å². The van der Waals surface area contributed by atoms with Crippen molar-refractivity contribution in [2.45, 2.75) is 80.1 Å². The molecule has 0 aromatic carbocycles. The topological polar surface area (TPSA) is 146 Å². The second kappa shape index (κ2) is 8.34. The molecule has 0 aromatic rings.